The molecule has 150 valence electrons. The van der Waals surface area contributed by atoms with Gasteiger partial charge in [-0.2, -0.15) is 0 Å². The number of pyridine rings is 1. The fourth-order valence-corrected chi connectivity index (χ4v) is 3.70. The smallest absolute Gasteiger partial charge is 0.256 e. The van der Waals surface area contributed by atoms with Crippen molar-refractivity contribution in [3.8, 4) is 0 Å². The SMILES string of the molecule is CN(C(=O)c1ccc(F)c(Cl)c1)[C@H]1COCc2[nH]c(=O)c3cc(F)c(F)cc3c21. The van der Waals surface area contributed by atoms with Crippen molar-refractivity contribution in [3.63, 3.8) is 0 Å². The Balaban J connectivity index is 1.84. The second-order valence-electron chi connectivity index (χ2n) is 6.73. The van der Waals surface area contributed by atoms with Crippen LogP contribution in [0.3, 0.4) is 0 Å². The monoisotopic (exact) mass is 422 g/mol. The van der Waals surface area contributed by atoms with Crippen molar-refractivity contribution in [1.29, 1.82) is 0 Å². The molecule has 0 unspecified atom stereocenters. The number of fused-ring (bicyclic) bond motifs is 3. The van der Waals surface area contributed by atoms with Gasteiger partial charge in [-0.25, -0.2) is 13.2 Å². The first-order chi connectivity index (χ1) is 13.8. The Labute approximate surface area is 167 Å². The van der Waals surface area contributed by atoms with Gasteiger partial charge in [0.25, 0.3) is 11.5 Å². The van der Waals surface area contributed by atoms with Crippen LogP contribution in [0.5, 0.6) is 0 Å². The molecular formula is C20H14ClF3N2O3. The fraction of sp³-hybridized carbons (Fsp3) is 0.200. The van der Waals surface area contributed by atoms with E-state index in [4.69, 9.17) is 16.3 Å². The number of aromatic amines is 1. The molecule has 9 heteroatoms. The van der Waals surface area contributed by atoms with Crippen LogP contribution < -0.4 is 5.56 Å². The first-order valence-corrected chi connectivity index (χ1v) is 8.99. The number of nitrogens with zero attached hydrogens (tertiary/aromatic N) is 1. The molecule has 0 bridgehead atoms. The summed E-state index contributed by atoms with van der Waals surface area (Å²) in [4.78, 5) is 29.2. The molecular weight excluding hydrogens is 409 g/mol. The van der Waals surface area contributed by atoms with Crippen LogP contribution in [0.2, 0.25) is 5.02 Å². The number of carbonyl (C=O) groups excluding carboxylic acids is 1. The van der Waals surface area contributed by atoms with E-state index >= 15 is 0 Å². The molecule has 5 nitrogen and oxygen atoms in total. The van der Waals surface area contributed by atoms with Gasteiger partial charge in [-0.3, -0.25) is 9.59 Å². The minimum Gasteiger partial charge on any atom is -0.373 e. The number of likely N-dealkylation sites (N-methyl/N-ethyl adjacent to an activating group) is 1. The maximum Gasteiger partial charge on any atom is 0.256 e. The van der Waals surface area contributed by atoms with Gasteiger partial charge < -0.3 is 14.6 Å². The summed E-state index contributed by atoms with van der Waals surface area (Å²) in [5.41, 5.74) is 0.411. The first kappa shape index (κ1) is 19.5. The molecule has 0 spiro atoms. The Kier molecular flexibility index (Phi) is 4.84. The van der Waals surface area contributed by atoms with Gasteiger partial charge in [0.05, 0.1) is 29.7 Å². The van der Waals surface area contributed by atoms with Gasteiger partial charge in [-0.05, 0) is 35.7 Å². The van der Waals surface area contributed by atoms with Crippen LogP contribution in [0.25, 0.3) is 10.8 Å². The van der Waals surface area contributed by atoms with Gasteiger partial charge in [0.1, 0.15) is 5.82 Å². The lowest BCUT2D eigenvalue weighted by molar-refractivity contribution is 0.0335. The molecule has 0 saturated carbocycles. The zero-order valence-electron chi connectivity index (χ0n) is 15.1. The molecule has 1 aliphatic rings. The van der Waals surface area contributed by atoms with Crippen molar-refractivity contribution < 1.29 is 22.7 Å². The van der Waals surface area contributed by atoms with E-state index in [1.54, 1.807) is 0 Å². The average molecular weight is 423 g/mol. The van der Waals surface area contributed by atoms with Gasteiger partial charge in [-0.1, -0.05) is 11.6 Å². The predicted octanol–water partition coefficient (Wildman–Crippen LogP) is 3.94. The molecule has 1 aliphatic heterocycles. The number of benzene rings is 2. The van der Waals surface area contributed by atoms with Crippen molar-refractivity contribution in [2.24, 2.45) is 0 Å². The zero-order valence-corrected chi connectivity index (χ0v) is 15.8. The summed E-state index contributed by atoms with van der Waals surface area (Å²) >= 11 is 5.77. The highest BCUT2D eigenvalue weighted by Crippen LogP contribution is 2.34. The predicted molar refractivity (Wildman–Crippen MR) is 100 cm³/mol. The number of amides is 1. The summed E-state index contributed by atoms with van der Waals surface area (Å²) in [5.74, 6) is -3.37. The normalized spacial score (nSPS) is 16.0. The number of nitrogens with one attached hydrogen (secondary N) is 1. The number of aromatic nitrogens is 1. The lowest BCUT2D eigenvalue weighted by atomic mass is 9.95. The quantitative estimate of drug-likeness (QED) is 0.680. The van der Waals surface area contributed by atoms with Gasteiger partial charge >= 0.3 is 0 Å². The molecule has 0 radical (unpaired) electrons. The van der Waals surface area contributed by atoms with Crippen LogP contribution in [0, 0.1) is 17.5 Å². The number of hydrogen-bond donors (Lipinski definition) is 1. The highest BCUT2D eigenvalue weighted by Gasteiger charge is 2.31. The molecule has 0 aliphatic carbocycles. The van der Waals surface area contributed by atoms with Crippen molar-refractivity contribution in [2.75, 3.05) is 13.7 Å². The Morgan fingerprint density at radius 3 is 2.52 bits per heavy atom. The molecule has 0 fully saturated rings. The maximum atomic E-state index is 13.9. The van der Waals surface area contributed by atoms with E-state index in [0.717, 1.165) is 18.2 Å². The van der Waals surface area contributed by atoms with Gasteiger partial charge in [0, 0.05) is 23.9 Å². The number of H-pyrrole nitrogens is 1. The highest BCUT2D eigenvalue weighted by atomic mass is 35.5. The molecule has 1 N–H and O–H groups in total. The third-order valence-electron chi connectivity index (χ3n) is 4.99. The second-order valence-corrected chi connectivity index (χ2v) is 7.14. The van der Waals surface area contributed by atoms with Gasteiger partial charge in [0.15, 0.2) is 11.6 Å². The van der Waals surface area contributed by atoms with E-state index in [0.29, 0.717) is 11.3 Å². The van der Waals surface area contributed by atoms with Crippen LogP contribution in [-0.4, -0.2) is 29.4 Å². The molecule has 1 aromatic heterocycles. The number of rotatable bonds is 2. The lowest BCUT2D eigenvalue weighted by Gasteiger charge is -2.34. The summed E-state index contributed by atoms with van der Waals surface area (Å²) in [6.07, 6.45) is 0. The third-order valence-corrected chi connectivity index (χ3v) is 5.28. The Bertz CT molecular complexity index is 1210. The van der Waals surface area contributed by atoms with Crippen LogP contribution >= 0.6 is 11.6 Å². The Hall–Kier alpha value is -2.84. The summed E-state index contributed by atoms with van der Waals surface area (Å²) in [5, 5.41) is -0.0233. The van der Waals surface area contributed by atoms with Crippen molar-refractivity contribution in [3.05, 3.63) is 80.0 Å². The zero-order chi connectivity index (χ0) is 20.9. The maximum absolute atomic E-state index is 13.9. The third kappa shape index (κ3) is 3.28. The average Bonchev–Trinajstić information content (AvgIpc) is 2.70. The van der Waals surface area contributed by atoms with E-state index in [-0.39, 0.29) is 34.6 Å². The van der Waals surface area contributed by atoms with Crippen molar-refractivity contribution >= 4 is 28.3 Å². The fourth-order valence-electron chi connectivity index (χ4n) is 3.52. The van der Waals surface area contributed by atoms with Crippen LogP contribution in [0.4, 0.5) is 13.2 Å². The van der Waals surface area contributed by atoms with Crippen molar-refractivity contribution in [1.82, 2.24) is 9.88 Å². The molecule has 3 aromatic rings. The molecule has 2 heterocycles. The first-order valence-electron chi connectivity index (χ1n) is 8.61. The topological polar surface area (TPSA) is 62.4 Å². The van der Waals surface area contributed by atoms with Crippen LogP contribution in [-0.2, 0) is 11.3 Å². The molecule has 1 amide bonds. The van der Waals surface area contributed by atoms with Gasteiger partial charge in [-0.15, -0.1) is 0 Å². The number of halogens is 4. The number of ether oxygens (including phenoxy) is 1. The molecule has 2 aromatic carbocycles. The van der Waals surface area contributed by atoms with Crippen LogP contribution in [0.1, 0.15) is 27.7 Å². The van der Waals surface area contributed by atoms with E-state index in [1.807, 2.05) is 0 Å². The molecule has 1 atom stereocenters. The van der Waals surface area contributed by atoms with Crippen molar-refractivity contribution in [2.45, 2.75) is 12.6 Å². The van der Waals surface area contributed by atoms with E-state index in [2.05, 4.69) is 4.98 Å². The summed E-state index contributed by atoms with van der Waals surface area (Å²) in [7, 11) is 1.50. The molecule has 29 heavy (non-hydrogen) atoms. The van der Waals surface area contributed by atoms with E-state index in [1.165, 1.54) is 24.1 Å². The molecule has 4 rings (SSSR count). The minimum absolute atomic E-state index is 0.0276. The number of hydrogen-bond acceptors (Lipinski definition) is 3. The van der Waals surface area contributed by atoms with E-state index < -0.39 is 35.0 Å². The van der Waals surface area contributed by atoms with E-state index in [9.17, 15) is 22.8 Å². The number of carbonyl (C=O) groups is 1. The Morgan fingerprint density at radius 2 is 1.83 bits per heavy atom. The minimum atomic E-state index is -1.14. The highest BCUT2D eigenvalue weighted by molar-refractivity contribution is 6.31. The second kappa shape index (κ2) is 7.20. The van der Waals surface area contributed by atoms with Gasteiger partial charge in [0.2, 0.25) is 0 Å². The largest absolute Gasteiger partial charge is 0.373 e. The Morgan fingerprint density at radius 1 is 1.14 bits per heavy atom. The molecule has 0 saturated heterocycles. The van der Waals surface area contributed by atoms with Crippen LogP contribution in [0.15, 0.2) is 35.1 Å². The summed E-state index contributed by atoms with van der Waals surface area (Å²) in [6, 6.07) is 4.67. The lowest BCUT2D eigenvalue weighted by Crippen LogP contribution is -2.37. The summed E-state index contributed by atoms with van der Waals surface area (Å²) < 4.78 is 46.5. The standard InChI is InChI=1S/C20H14ClF3N2O3/c1-26(20(28)9-2-3-13(22)12(21)4-9)17-8-29-7-16-18(17)10-5-14(23)15(24)6-11(10)19(27)25-16/h2-6,17H,7-8H2,1H3,(H,25,27)/t17-/m0/s1. The summed E-state index contributed by atoms with van der Waals surface area (Å²) in [6.45, 7) is 0.130.